The number of anilines is 1. The van der Waals surface area contributed by atoms with Crippen LogP contribution >= 0.6 is 15.9 Å². The third-order valence-corrected chi connectivity index (χ3v) is 5.22. The van der Waals surface area contributed by atoms with Crippen molar-refractivity contribution in [3.63, 3.8) is 0 Å². The lowest BCUT2D eigenvalue weighted by Gasteiger charge is -2.30. The fraction of sp³-hybridized carbons (Fsp3) is 0.500. The highest BCUT2D eigenvalue weighted by Crippen LogP contribution is 2.47. The molecule has 1 aliphatic heterocycles. The molecule has 0 bridgehead atoms. The van der Waals surface area contributed by atoms with Crippen molar-refractivity contribution >= 4 is 33.4 Å². The molecule has 1 aromatic rings. The minimum Gasteiger partial charge on any atom is -0.274 e. The van der Waals surface area contributed by atoms with Crippen molar-refractivity contribution in [1.29, 1.82) is 0 Å². The van der Waals surface area contributed by atoms with Gasteiger partial charge in [-0.05, 0) is 53.4 Å². The van der Waals surface area contributed by atoms with Crippen molar-refractivity contribution in [2.24, 2.45) is 5.41 Å². The van der Waals surface area contributed by atoms with E-state index in [1.54, 1.807) is 0 Å². The van der Waals surface area contributed by atoms with Gasteiger partial charge in [-0.1, -0.05) is 25.3 Å². The summed E-state index contributed by atoms with van der Waals surface area (Å²) < 4.78 is 0.803. The normalized spacial score (nSPS) is 21.8. The lowest BCUT2D eigenvalue weighted by atomic mass is 9.73. The van der Waals surface area contributed by atoms with Crippen LogP contribution in [0.15, 0.2) is 22.7 Å². The standard InChI is InChI=1S/C16H18BrNO2/c1-11-5-6-12(17)13(9-11)18-14(19)10-16(15(18)20)7-3-2-4-8-16/h5-6,9H,2-4,7-8,10H2,1H3. The lowest BCUT2D eigenvalue weighted by molar-refractivity contribution is -0.127. The number of hydrogen-bond donors (Lipinski definition) is 0. The summed E-state index contributed by atoms with van der Waals surface area (Å²) in [6.45, 7) is 1.97. The van der Waals surface area contributed by atoms with E-state index in [1.807, 2.05) is 25.1 Å². The smallest absolute Gasteiger partial charge is 0.240 e. The highest BCUT2D eigenvalue weighted by molar-refractivity contribution is 9.10. The van der Waals surface area contributed by atoms with E-state index in [0.29, 0.717) is 12.1 Å². The van der Waals surface area contributed by atoms with Gasteiger partial charge in [-0.15, -0.1) is 0 Å². The van der Waals surface area contributed by atoms with Crippen molar-refractivity contribution in [1.82, 2.24) is 0 Å². The van der Waals surface area contributed by atoms with Crippen LogP contribution in [0.5, 0.6) is 0 Å². The van der Waals surface area contributed by atoms with Crippen LogP contribution in [0.2, 0.25) is 0 Å². The Bertz CT molecular complexity index is 576. The van der Waals surface area contributed by atoms with Gasteiger partial charge in [0.1, 0.15) is 0 Å². The number of carbonyl (C=O) groups excluding carboxylic acids is 2. The topological polar surface area (TPSA) is 37.4 Å². The Morgan fingerprint density at radius 1 is 1.15 bits per heavy atom. The Kier molecular flexibility index (Phi) is 3.44. The molecule has 4 heteroatoms. The zero-order valence-corrected chi connectivity index (χ0v) is 13.2. The average Bonchev–Trinajstić information content (AvgIpc) is 2.65. The molecule has 1 spiro atoms. The zero-order valence-electron chi connectivity index (χ0n) is 11.6. The number of aryl methyl sites for hydroxylation is 1. The molecule has 2 fully saturated rings. The van der Waals surface area contributed by atoms with Crippen molar-refractivity contribution in [3.8, 4) is 0 Å². The summed E-state index contributed by atoms with van der Waals surface area (Å²) in [5, 5.41) is 0. The maximum Gasteiger partial charge on any atom is 0.240 e. The SMILES string of the molecule is Cc1ccc(Br)c(N2C(=O)CC3(CCCCC3)C2=O)c1. The number of imide groups is 1. The summed E-state index contributed by atoms with van der Waals surface area (Å²) in [4.78, 5) is 26.7. The van der Waals surface area contributed by atoms with E-state index < -0.39 is 5.41 Å². The summed E-state index contributed by atoms with van der Waals surface area (Å²) in [5.41, 5.74) is 1.33. The van der Waals surface area contributed by atoms with Crippen LogP contribution in [0.25, 0.3) is 0 Å². The molecule has 2 amide bonds. The minimum atomic E-state index is -0.418. The number of halogens is 1. The van der Waals surface area contributed by atoms with Crippen LogP contribution in [0.4, 0.5) is 5.69 Å². The van der Waals surface area contributed by atoms with Gasteiger partial charge in [-0.2, -0.15) is 0 Å². The van der Waals surface area contributed by atoms with Gasteiger partial charge >= 0.3 is 0 Å². The number of benzene rings is 1. The van der Waals surface area contributed by atoms with Gasteiger partial charge in [0.05, 0.1) is 11.1 Å². The fourth-order valence-electron chi connectivity index (χ4n) is 3.45. The highest BCUT2D eigenvalue weighted by atomic mass is 79.9. The molecular weight excluding hydrogens is 318 g/mol. The Hall–Kier alpha value is -1.16. The number of nitrogens with zero attached hydrogens (tertiary/aromatic N) is 1. The Morgan fingerprint density at radius 3 is 2.55 bits per heavy atom. The second-order valence-electron chi connectivity index (χ2n) is 6.01. The van der Waals surface area contributed by atoms with Gasteiger partial charge in [0.15, 0.2) is 0 Å². The lowest BCUT2D eigenvalue weighted by Crippen LogP contribution is -2.37. The molecule has 0 N–H and O–H groups in total. The molecule has 0 unspecified atom stereocenters. The predicted molar refractivity (Wildman–Crippen MR) is 81.5 cm³/mol. The van der Waals surface area contributed by atoms with Gasteiger partial charge in [0.2, 0.25) is 11.8 Å². The first-order valence-corrected chi connectivity index (χ1v) is 7.96. The van der Waals surface area contributed by atoms with E-state index in [4.69, 9.17) is 0 Å². The molecule has 106 valence electrons. The zero-order chi connectivity index (χ0) is 14.3. The van der Waals surface area contributed by atoms with Crippen LogP contribution in [0.1, 0.15) is 44.1 Å². The van der Waals surface area contributed by atoms with Crippen molar-refractivity contribution in [2.75, 3.05) is 4.90 Å². The van der Waals surface area contributed by atoms with Crippen LogP contribution in [-0.2, 0) is 9.59 Å². The summed E-state index contributed by atoms with van der Waals surface area (Å²) >= 11 is 3.46. The average molecular weight is 336 g/mol. The third kappa shape index (κ3) is 2.10. The molecule has 2 aliphatic rings. The molecule has 1 aliphatic carbocycles. The molecule has 1 saturated heterocycles. The predicted octanol–water partition coefficient (Wildman–Crippen LogP) is 3.97. The van der Waals surface area contributed by atoms with E-state index >= 15 is 0 Å². The maximum absolute atomic E-state index is 12.8. The van der Waals surface area contributed by atoms with Crippen LogP contribution < -0.4 is 4.90 Å². The molecule has 0 atom stereocenters. The number of hydrogen-bond acceptors (Lipinski definition) is 2. The fourth-order valence-corrected chi connectivity index (χ4v) is 3.88. The van der Waals surface area contributed by atoms with E-state index in [1.165, 1.54) is 11.3 Å². The van der Waals surface area contributed by atoms with Gasteiger partial charge in [-0.3, -0.25) is 9.59 Å². The molecule has 1 heterocycles. The van der Waals surface area contributed by atoms with Crippen molar-refractivity contribution in [2.45, 2.75) is 45.4 Å². The van der Waals surface area contributed by atoms with Gasteiger partial charge in [0, 0.05) is 10.9 Å². The third-order valence-electron chi connectivity index (χ3n) is 4.55. The maximum atomic E-state index is 12.8. The van der Waals surface area contributed by atoms with Gasteiger partial charge < -0.3 is 0 Å². The molecule has 0 radical (unpaired) electrons. The summed E-state index contributed by atoms with van der Waals surface area (Å²) in [6.07, 6.45) is 5.39. The molecule has 20 heavy (non-hydrogen) atoms. The van der Waals surface area contributed by atoms with Crippen molar-refractivity contribution in [3.05, 3.63) is 28.2 Å². The summed E-state index contributed by atoms with van der Waals surface area (Å²) in [6, 6.07) is 5.77. The van der Waals surface area contributed by atoms with E-state index in [2.05, 4.69) is 15.9 Å². The van der Waals surface area contributed by atoms with Gasteiger partial charge in [0.25, 0.3) is 0 Å². The monoisotopic (exact) mass is 335 g/mol. The number of carbonyl (C=O) groups is 2. The first-order valence-electron chi connectivity index (χ1n) is 7.17. The molecule has 3 nitrogen and oxygen atoms in total. The first kappa shape index (κ1) is 13.8. The highest BCUT2D eigenvalue weighted by Gasteiger charge is 2.52. The molecule has 1 aromatic carbocycles. The quantitative estimate of drug-likeness (QED) is 0.728. The van der Waals surface area contributed by atoms with E-state index in [0.717, 1.165) is 35.7 Å². The van der Waals surface area contributed by atoms with E-state index in [9.17, 15) is 9.59 Å². The molecule has 1 saturated carbocycles. The van der Waals surface area contributed by atoms with Crippen molar-refractivity contribution < 1.29 is 9.59 Å². The minimum absolute atomic E-state index is 0.00787. The Balaban J connectivity index is 2.00. The molecule has 0 aromatic heterocycles. The van der Waals surface area contributed by atoms with Crippen LogP contribution in [-0.4, -0.2) is 11.8 Å². The Morgan fingerprint density at radius 2 is 1.85 bits per heavy atom. The molecular formula is C16H18BrNO2. The van der Waals surface area contributed by atoms with E-state index in [-0.39, 0.29) is 11.8 Å². The molecule has 3 rings (SSSR count). The Labute approximate surface area is 127 Å². The second-order valence-corrected chi connectivity index (χ2v) is 6.86. The summed E-state index contributed by atoms with van der Waals surface area (Å²) in [5.74, 6) is -0.0447. The largest absolute Gasteiger partial charge is 0.274 e. The van der Waals surface area contributed by atoms with Crippen LogP contribution in [0, 0.1) is 12.3 Å². The second kappa shape index (κ2) is 4.99. The first-order chi connectivity index (χ1) is 9.53. The van der Waals surface area contributed by atoms with Crippen LogP contribution in [0.3, 0.4) is 0 Å². The number of rotatable bonds is 1. The van der Waals surface area contributed by atoms with Gasteiger partial charge in [-0.25, -0.2) is 4.90 Å². The summed E-state index contributed by atoms with van der Waals surface area (Å²) in [7, 11) is 0. The number of amides is 2.